The summed E-state index contributed by atoms with van der Waals surface area (Å²) in [7, 11) is 0. The van der Waals surface area contributed by atoms with E-state index in [4.69, 9.17) is 0 Å². The number of anilines is 2. The molecule has 2 N–H and O–H groups in total. The second-order valence-corrected chi connectivity index (χ2v) is 8.69. The van der Waals surface area contributed by atoms with Crippen LogP contribution in [0.25, 0.3) is 0 Å². The van der Waals surface area contributed by atoms with E-state index in [0.717, 1.165) is 35.2 Å². The topological polar surface area (TPSA) is 93.2 Å². The molecule has 2 aromatic rings. The largest absolute Gasteiger partial charge is 0.573 e. The molecule has 0 spiro atoms. The van der Waals surface area contributed by atoms with Gasteiger partial charge in [0.15, 0.2) is 4.34 Å². The van der Waals surface area contributed by atoms with Gasteiger partial charge in [0.2, 0.25) is 16.9 Å². The molecule has 7 nitrogen and oxygen atoms in total. The minimum atomic E-state index is -4.77. The second kappa shape index (κ2) is 8.78. The fourth-order valence-electron chi connectivity index (χ4n) is 1.67. The van der Waals surface area contributed by atoms with E-state index in [1.54, 1.807) is 20.8 Å². The van der Waals surface area contributed by atoms with Gasteiger partial charge in [-0.25, -0.2) is 0 Å². The molecule has 0 bridgehead atoms. The summed E-state index contributed by atoms with van der Waals surface area (Å²) < 4.78 is 40.6. The third-order valence-electron chi connectivity index (χ3n) is 3.01. The third-order valence-corrected chi connectivity index (χ3v) is 4.98. The number of amides is 2. The van der Waals surface area contributed by atoms with Crippen LogP contribution in [0.15, 0.2) is 28.6 Å². The predicted molar refractivity (Wildman–Crippen MR) is 100 cm³/mol. The van der Waals surface area contributed by atoms with Crippen molar-refractivity contribution in [2.24, 2.45) is 5.41 Å². The van der Waals surface area contributed by atoms with Crippen LogP contribution in [0.1, 0.15) is 20.8 Å². The summed E-state index contributed by atoms with van der Waals surface area (Å²) >= 11 is 2.26. The van der Waals surface area contributed by atoms with Gasteiger partial charge in [-0.3, -0.25) is 9.59 Å². The minimum absolute atomic E-state index is 0.0165. The molecule has 0 aliphatic carbocycles. The molecule has 152 valence electrons. The van der Waals surface area contributed by atoms with E-state index in [1.807, 2.05) is 0 Å². The van der Waals surface area contributed by atoms with Gasteiger partial charge in [-0.1, -0.05) is 43.9 Å². The van der Waals surface area contributed by atoms with Crippen LogP contribution in [0.5, 0.6) is 5.75 Å². The van der Waals surface area contributed by atoms with Gasteiger partial charge in [-0.2, -0.15) is 0 Å². The van der Waals surface area contributed by atoms with Crippen LogP contribution in [0.2, 0.25) is 0 Å². The first-order valence-corrected chi connectivity index (χ1v) is 9.66. The Kier molecular flexibility index (Phi) is 6.88. The first-order valence-electron chi connectivity index (χ1n) is 7.86. The lowest BCUT2D eigenvalue weighted by Gasteiger charge is -2.15. The molecule has 0 saturated heterocycles. The van der Waals surface area contributed by atoms with Crippen molar-refractivity contribution in [3.63, 3.8) is 0 Å². The SMILES string of the molecule is CC(C)(C)C(=O)Nc1nnc(SCC(=O)Nc2ccc(OC(F)(F)F)cc2)s1. The van der Waals surface area contributed by atoms with E-state index in [1.165, 1.54) is 12.1 Å². The summed E-state index contributed by atoms with van der Waals surface area (Å²) in [6, 6.07) is 4.81. The number of nitrogens with zero attached hydrogens (tertiary/aromatic N) is 2. The molecule has 1 aromatic heterocycles. The second-order valence-electron chi connectivity index (χ2n) is 6.49. The van der Waals surface area contributed by atoms with E-state index in [-0.39, 0.29) is 23.3 Å². The van der Waals surface area contributed by atoms with Gasteiger partial charge in [0.1, 0.15) is 5.75 Å². The molecule has 1 aromatic carbocycles. The average Bonchev–Trinajstić information content (AvgIpc) is 3.00. The Bertz CT molecular complexity index is 833. The van der Waals surface area contributed by atoms with E-state index < -0.39 is 11.8 Å². The van der Waals surface area contributed by atoms with Crippen LogP contribution in [0.3, 0.4) is 0 Å². The van der Waals surface area contributed by atoms with Crippen molar-refractivity contribution in [1.29, 1.82) is 0 Å². The maximum atomic E-state index is 12.1. The summed E-state index contributed by atoms with van der Waals surface area (Å²) in [6.45, 7) is 5.31. The number of alkyl halides is 3. The lowest BCUT2D eigenvalue weighted by atomic mass is 9.96. The Morgan fingerprint density at radius 3 is 2.32 bits per heavy atom. The van der Waals surface area contributed by atoms with Crippen molar-refractivity contribution in [2.75, 3.05) is 16.4 Å². The Hall–Kier alpha value is -2.34. The standard InChI is InChI=1S/C16H17F3N4O3S2/c1-15(2,3)12(25)21-13-22-23-14(28-13)27-8-11(24)20-9-4-6-10(7-5-9)26-16(17,18)19/h4-7H,8H2,1-3H3,(H,20,24)(H,21,22,25). The molecule has 0 atom stereocenters. The van der Waals surface area contributed by atoms with Gasteiger partial charge in [0, 0.05) is 11.1 Å². The number of benzene rings is 1. The number of ether oxygens (including phenoxy) is 1. The number of thioether (sulfide) groups is 1. The zero-order valence-corrected chi connectivity index (χ0v) is 16.7. The van der Waals surface area contributed by atoms with E-state index in [9.17, 15) is 22.8 Å². The third kappa shape index (κ3) is 7.35. The Balaban J connectivity index is 1.82. The highest BCUT2D eigenvalue weighted by Crippen LogP contribution is 2.27. The molecule has 0 radical (unpaired) electrons. The van der Waals surface area contributed by atoms with Gasteiger partial charge >= 0.3 is 6.36 Å². The Morgan fingerprint density at radius 2 is 1.75 bits per heavy atom. The normalized spacial score (nSPS) is 11.8. The van der Waals surface area contributed by atoms with Crippen LogP contribution in [0.4, 0.5) is 24.0 Å². The van der Waals surface area contributed by atoms with Crippen molar-refractivity contribution in [3.05, 3.63) is 24.3 Å². The van der Waals surface area contributed by atoms with Gasteiger partial charge in [-0.05, 0) is 24.3 Å². The number of rotatable bonds is 6. The number of aromatic nitrogens is 2. The van der Waals surface area contributed by atoms with Crippen molar-refractivity contribution in [3.8, 4) is 5.75 Å². The first-order chi connectivity index (χ1) is 12.9. The Morgan fingerprint density at radius 1 is 1.11 bits per heavy atom. The molecule has 0 unspecified atom stereocenters. The average molecular weight is 434 g/mol. The first kappa shape index (κ1) is 22.0. The molecule has 0 aliphatic rings. The summed E-state index contributed by atoms with van der Waals surface area (Å²) in [6.07, 6.45) is -4.77. The molecule has 1 heterocycles. The summed E-state index contributed by atoms with van der Waals surface area (Å²) in [5, 5.41) is 13.3. The van der Waals surface area contributed by atoms with Crippen molar-refractivity contribution < 1.29 is 27.5 Å². The van der Waals surface area contributed by atoms with Crippen LogP contribution < -0.4 is 15.4 Å². The number of hydrogen-bond acceptors (Lipinski definition) is 7. The van der Waals surface area contributed by atoms with E-state index in [2.05, 4.69) is 25.6 Å². The molecule has 2 rings (SSSR count). The Labute approximate surface area is 167 Å². The zero-order valence-electron chi connectivity index (χ0n) is 15.1. The van der Waals surface area contributed by atoms with Crippen LogP contribution >= 0.6 is 23.1 Å². The van der Waals surface area contributed by atoms with Crippen LogP contribution in [-0.2, 0) is 9.59 Å². The monoisotopic (exact) mass is 434 g/mol. The number of nitrogens with one attached hydrogen (secondary N) is 2. The number of hydrogen-bond donors (Lipinski definition) is 2. The predicted octanol–water partition coefficient (Wildman–Crippen LogP) is 4.15. The smallest absolute Gasteiger partial charge is 0.406 e. The van der Waals surface area contributed by atoms with Crippen LogP contribution in [-0.4, -0.2) is 34.1 Å². The fraction of sp³-hybridized carbons (Fsp3) is 0.375. The van der Waals surface area contributed by atoms with Crippen molar-refractivity contribution in [2.45, 2.75) is 31.5 Å². The van der Waals surface area contributed by atoms with Gasteiger partial charge in [0.25, 0.3) is 0 Å². The summed E-state index contributed by atoms with van der Waals surface area (Å²) in [5.41, 5.74) is -0.241. The molecule has 28 heavy (non-hydrogen) atoms. The highest BCUT2D eigenvalue weighted by atomic mass is 32.2. The lowest BCUT2D eigenvalue weighted by Crippen LogP contribution is -2.27. The fourth-order valence-corrected chi connectivity index (χ4v) is 3.21. The van der Waals surface area contributed by atoms with E-state index >= 15 is 0 Å². The quantitative estimate of drug-likeness (QED) is 0.524. The maximum Gasteiger partial charge on any atom is 0.573 e. The van der Waals surface area contributed by atoms with Gasteiger partial charge in [0.05, 0.1) is 5.75 Å². The molecule has 12 heteroatoms. The summed E-state index contributed by atoms with van der Waals surface area (Å²) in [5.74, 6) is -0.928. The number of halogens is 3. The van der Waals surface area contributed by atoms with Crippen molar-refractivity contribution >= 4 is 45.7 Å². The maximum absolute atomic E-state index is 12.1. The summed E-state index contributed by atoms with van der Waals surface area (Å²) in [4.78, 5) is 23.9. The highest BCUT2D eigenvalue weighted by Gasteiger charge is 2.31. The van der Waals surface area contributed by atoms with Gasteiger partial charge < -0.3 is 15.4 Å². The lowest BCUT2D eigenvalue weighted by molar-refractivity contribution is -0.274. The molecule has 0 fully saturated rings. The number of carbonyl (C=O) groups is 2. The molecular formula is C16H17F3N4O3S2. The zero-order chi connectivity index (χ0) is 20.9. The minimum Gasteiger partial charge on any atom is -0.406 e. The highest BCUT2D eigenvalue weighted by molar-refractivity contribution is 8.01. The molecule has 2 amide bonds. The molecule has 0 aliphatic heterocycles. The number of carbonyl (C=O) groups excluding carboxylic acids is 2. The molecule has 0 saturated carbocycles. The van der Waals surface area contributed by atoms with E-state index in [0.29, 0.717) is 15.2 Å². The van der Waals surface area contributed by atoms with Crippen LogP contribution in [0, 0.1) is 5.41 Å². The van der Waals surface area contributed by atoms with Crippen molar-refractivity contribution in [1.82, 2.24) is 10.2 Å². The molecular weight excluding hydrogens is 417 g/mol. The van der Waals surface area contributed by atoms with Gasteiger partial charge in [-0.15, -0.1) is 23.4 Å².